The first-order valence-electron chi connectivity index (χ1n) is 5.38. The molecular formula is C12H15FN2O. The number of nitrogens with one attached hydrogen (secondary N) is 1. The average Bonchev–Trinajstić information content (AvgIpc) is 2.17. The van der Waals surface area contributed by atoms with Crippen molar-refractivity contribution >= 4 is 11.7 Å². The van der Waals surface area contributed by atoms with Crippen molar-refractivity contribution in [2.75, 3.05) is 18.4 Å². The van der Waals surface area contributed by atoms with Gasteiger partial charge in [0.15, 0.2) is 0 Å². The van der Waals surface area contributed by atoms with Crippen molar-refractivity contribution in [2.24, 2.45) is 5.92 Å². The Kier molecular flexibility index (Phi) is 2.81. The molecule has 0 aliphatic carbocycles. The standard InChI is InChI=1S/C12H15FN2O/c1-8-3-4-11(10(13)5-8)14-12(16)15-6-9(2)7-15/h3-5,9H,6-7H2,1-2H3,(H,14,16). The second kappa shape index (κ2) is 4.12. The van der Waals surface area contributed by atoms with E-state index in [9.17, 15) is 9.18 Å². The Morgan fingerprint density at radius 2 is 2.19 bits per heavy atom. The maximum Gasteiger partial charge on any atom is 0.321 e. The Bertz CT molecular complexity index is 413. The lowest BCUT2D eigenvalue weighted by Gasteiger charge is -2.36. The first-order chi connectivity index (χ1) is 7.56. The molecule has 86 valence electrons. The minimum Gasteiger partial charge on any atom is -0.324 e. The number of likely N-dealkylation sites (tertiary alicyclic amines) is 1. The zero-order valence-corrected chi connectivity index (χ0v) is 9.46. The van der Waals surface area contributed by atoms with Gasteiger partial charge in [0.05, 0.1) is 5.69 Å². The Morgan fingerprint density at radius 3 is 2.75 bits per heavy atom. The molecule has 1 saturated heterocycles. The van der Waals surface area contributed by atoms with E-state index >= 15 is 0 Å². The van der Waals surface area contributed by atoms with Crippen LogP contribution in [0.2, 0.25) is 0 Å². The smallest absolute Gasteiger partial charge is 0.321 e. The molecule has 2 amide bonds. The van der Waals surface area contributed by atoms with Crippen LogP contribution in [-0.4, -0.2) is 24.0 Å². The molecule has 0 unspecified atom stereocenters. The van der Waals surface area contributed by atoms with E-state index in [1.54, 1.807) is 17.0 Å². The number of halogens is 1. The summed E-state index contributed by atoms with van der Waals surface area (Å²) >= 11 is 0. The molecule has 1 aromatic carbocycles. The van der Waals surface area contributed by atoms with Crippen LogP contribution in [-0.2, 0) is 0 Å². The largest absolute Gasteiger partial charge is 0.324 e. The topological polar surface area (TPSA) is 32.3 Å². The predicted molar refractivity (Wildman–Crippen MR) is 60.9 cm³/mol. The highest BCUT2D eigenvalue weighted by Crippen LogP contribution is 2.19. The maximum absolute atomic E-state index is 13.4. The summed E-state index contributed by atoms with van der Waals surface area (Å²) in [5, 5.41) is 2.57. The number of nitrogens with zero attached hydrogens (tertiary/aromatic N) is 1. The number of hydrogen-bond donors (Lipinski definition) is 1. The first-order valence-corrected chi connectivity index (χ1v) is 5.38. The summed E-state index contributed by atoms with van der Waals surface area (Å²) in [5.41, 5.74) is 1.09. The number of carbonyl (C=O) groups is 1. The number of amides is 2. The van der Waals surface area contributed by atoms with Gasteiger partial charge in [0, 0.05) is 13.1 Å². The molecule has 2 rings (SSSR count). The van der Waals surface area contributed by atoms with Gasteiger partial charge < -0.3 is 10.2 Å². The van der Waals surface area contributed by atoms with Crippen LogP contribution >= 0.6 is 0 Å². The molecular weight excluding hydrogens is 207 g/mol. The van der Waals surface area contributed by atoms with E-state index in [-0.39, 0.29) is 17.5 Å². The monoisotopic (exact) mass is 222 g/mol. The van der Waals surface area contributed by atoms with Crippen molar-refractivity contribution < 1.29 is 9.18 Å². The van der Waals surface area contributed by atoms with Crippen molar-refractivity contribution in [2.45, 2.75) is 13.8 Å². The highest BCUT2D eigenvalue weighted by molar-refractivity contribution is 5.90. The molecule has 0 bridgehead atoms. The second-order valence-electron chi connectivity index (χ2n) is 4.42. The van der Waals surface area contributed by atoms with Crippen LogP contribution in [0.4, 0.5) is 14.9 Å². The third kappa shape index (κ3) is 2.15. The fourth-order valence-corrected chi connectivity index (χ4v) is 1.78. The van der Waals surface area contributed by atoms with Crippen LogP contribution in [0.25, 0.3) is 0 Å². The van der Waals surface area contributed by atoms with Crippen molar-refractivity contribution in [3.63, 3.8) is 0 Å². The van der Waals surface area contributed by atoms with Gasteiger partial charge in [0.25, 0.3) is 0 Å². The van der Waals surface area contributed by atoms with E-state index in [2.05, 4.69) is 12.2 Å². The number of aryl methyl sites for hydroxylation is 1. The zero-order valence-electron chi connectivity index (χ0n) is 9.46. The number of anilines is 1. The fraction of sp³-hybridized carbons (Fsp3) is 0.417. The summed E-state index contributed by atoms with van der Waals surface area (Å²) in [6, 6.07) is 4.55. The van der Waals surface area contributed by atoms with E-state index in [0.717, 1.165) is 18.7 Å². The van der Waals surface area contributed by atoms with Crippen LogP contribution in [0.1, 0.15) is 12.5 Å². The van der Waals surface area contributed by atoms with E-state index in [4.69, 9.17) is 0 Å². The Morgan fingerprint density at radius 1 is 1.50 bits per heavy atom. The molecule has 1 heterocycles. The van der Waals surface area contributed by atoms with Crippen LogP contribution in [0, 0.1) is 18.7 Å². The number of carbonyl (C=O) groups excluding carboxylic acids is 1. The van der Waals surface area contributed by atoms with Gasteiger partial charge in [-0.2, -0.15) is 0 Å². The van der Waals surface area contributed by atoms with Crippen molar-refractivity contribution in [3.8, 4) is 0 Å². The van der Waals surface area contributed by atoms with Crippen molar-refractivity contribution in [1.29, 1.82) is 0 Å². The first kappa shape index (κ1) is 10.9. The van der Waals surface area contributed by atoms with Gasteiger partial charge in [0.1, 0.15) is 5.82 Å². The summed E-state index contributed by atoms with van der Waals surface area (Å²) < 4.78 is 13.4. The molecule has 0 saturated carbocycles. The number of rotatable bonds is 1. The summed E-state index contributed by atoms with van der Waals surface area (Å²) in [6.45, 7) is 5.39. The minimum absolute atomic E-state index is 0.221. The summed E-state index contributed by atoms with van der Waals surface area (Å²) in [5.74, 6) is 0.163. The lowest BCUT2D eigenvalue weighted by Crippen LogP contribution is -2.50. The third-order valence-electron chi connectivity index (χ3n) is 2.72. The quantitative estimate of drug-likeness (QED) is 0.778. The number of benzene rings is 1. The van der Waals surface area contributed by atoms with Gasteiger partial charge in [-0.25, -0.2) is 9.18 Å². The molecule has 3 nitrogen and oxygen atoms in total. The van der Waals surface area contributed by atoms with Crippen LogP contribution in [0.3, 0.4) is 0 Å². The zero-order chi connectivity index (χ0) is 11.7. The van der Waals surface area contributed by atoms with Gasteiger partial charge in [0.2, 0.25) is 0 Å². The van der Waals surface area contributed by atoms with E-state index in [1.165, 1.54) is 6.07 Å². The molecule has 0 spiro atoms. The maximum atomic E-state index is 13.4. The predicted octanol–water partition coefficient (Wildman–Crippen LogP) is 2.62. The molecule has 0 radical (unpaired) electrons. The van der Waals surface area contributed by atoms with Crippen LogP contribution in [0.15, 0.2) is 18.2 Å². The second-order valence-corrected chi connectivity index (χ2v) is 4.42. The molecule has 16 heavy (non-hydrogen) atoms. The van der Waals surface area contributed by atoms with E-state index < -0.39 is 0 Å². The Hall–Kier alpha value is -1.58. The van der Waals surface area contributed by atoms with Crippen molar-refractivity contribution in [3.05, 3.63) is 29.6 Å². The van der Waals surface area contributed by atoms with Gasteiger partial charge in [-0.1, -0.05) is 13.0 Å². The van der Waals surface area contributed by atoms with Gasteiger partial charge >= 0.3 is 6.03 Å². The average molecular weight is 222 g/mol. The Balaban J connectivity index is 2.01. The third-order valence-corrected chi connectivity index (χ3v) is 2.72. The lowest BCUT2D eigenvalue weighted by atomic mass is 10.0. The SMILES string of the molecule is Cc1ccc(NC(=O)N2CC(C)C2)c(F)c1. The van der Waals surface area contributed by atoms with Crippen molar-refractivity contribution in [1.82, 2.24) is 4.90 Å². The van der Waals surface area contributed by atoms with Gasteiger partial charge in [-0.15, -0.1) is 0 Å². The van der Waals surface area contributed by atoms with Crippen LogP contribution < -0.4 is 5.32 Å². The fourth-order valence-electron chi connectivity index (χ4n) is 1.78. The molecule has 1 aliphatic heterocycles. The number of urea groups is 1. The normalized spacial score (nSPS) is 15.8. The lowest BCUT2D eigenvalue weighted by molar-refractivity contribution is 0.140. The molecule has 1 aromatic rings. The van der Waals surface area contributed by atoms with Gasteiger partial charge in [-0.3, -0.25) is 0 Å². The van der Waals surface area contributed by atoms with Crippen LogP contribution in [0.5, 0.6) is 0 Å². The Labute approximate surface area is 94.3 Å². The summed E-state index contributed by atoms with van der Waals surface area (Å²) in [6.07, 6.45) is 0. The van der Waals surface area contributed by atoms with Gasteiger partial charge in [-0.05, 0) is 30.5 Å². The minimum atomic E-state index is -0.387. The van der Waals surface area contributed by atoms with E-state index in [1.807, 2.05) is 6.92 Å². The molecule has 0 aromatic heterocycles. The highest BCUT2D eigenvalue weighted by Gasteiger charge is 2.27. The molecule has 4 heteroatoms. The molecule has 0 atom stereocenters. The molecule has 1 aliphatic rings. The number of hydrogen-bond acceptors (Lipinski definition) is 1. The highest BCUT2D eigenvalue weighted by atomic mass is 19.1. The van der Waals surface area contributed by atoms with E-state index in [0.29, 0.717) is 5.92 Å². The summed E-state index contributed by atoms with van der Waals surface area (Å²) in [7, 11) is 0. The summed E-state index contributed by atoms with van der Waals surface area (Å²) in [4.78, 5) is 13.3. The molecule has 1 fully saturated rings. The molecule has 1 N–H and O–H groups in total.